The lowest BCUT2D eigenvalue weighted by Gasteiger charge is -2.32. The second kappa shape index (κ2) is 4.66. The molecule has 114 valence electrons. The quantitative estimate of drug-likeness (QED) is 0.868. The van der Waals surface area contributed by atoms with Crippen molar-refractivity contribution in [1.82, 2.24) is 19.7 Å². The highest BCUT2D eigenvalue weighted by atomic mass is 15.4. The van der Waals surface area contributed by atoms with Gasteiger partial charge in [-0.1, -0.05) is 26.8 Å². The van der Waals surface area contributed by atoms with Gasteiger partial charge in [-0.2, -0.15) is 0 Å². The van der Waals surface area contributed by atoms with E-state index in [1.165, 1.54) is 12.8 Å². The summed E-state index contributed by atoms with van der Waals surface area (Å²) in [5, 5.41) is 8.91. The SMILES string of the molecule is C=C1c2nnc(C3(C)CC3)n2-c2ncccc2N1CCCC. The van der Waals surface area contributed by atoms with Crippen LogP contribution in [-0.4, -0.2) is 26.3 Å². The number of fused-ring (bicyclic) bond motifs is 3. The van der Waals surface area contributed by atoms with E-state index in [0.717, 1.165) is 48.2 Å². The number of hydrogen-bond acceptors (Lipinski definition) is 4. The fourth-order valence-electron chi connectivity index (χ4n) is 3.08. The Balaban J connectivity index is 1.88. The van der Waals surface area contributed by atoms with Gasteiger partial charge in [-0.05, 0) is 31.4 Å². The predicted molar refractivity (Wildman–Crippen MR) is 87.0 cm³/mol. The molecule has 5 nitrogen and oxygen atoms in total. The summed E-state index contributed by atoms with van der Waals surface area (Å²) in [5.41, 5.74) is 2.18. The summed E-state index contributed by atoms with van der Waals surface area (Å²) in [5.74, 6) is 2.80. The molecule has 0 unspecified atom stereocenters. The van der Waals surface area contributed by atoms with Crippen LogP contribution < -0.4 is 4.90 Å². The number of hydrogen-bond donors (Lipinski definition) is 0. The lowest BCUT2D eigenvalue weighted by molar-refractivity contribution is 0.674. The van der Waals surface area contributed by atoms with Gasteiger partial charge >= 0.3 is 0 Å². The second-order valence-electron chi connectivity index (χ2n) is 6.54. The highest BCUT2D eigenvalue weighted by Gasteiger charge is 2.46. The van der Waals surface area contributed by atoms with Gasteiger partial charge in [0.05, 0.1) is 11.4 Å². The van der Waals surface area contributed by atoms with Crippen LogP contribution in [0.2, 0.25) is 0 Å². The predicted octanol–water partition coefficient (Wildman–Crippen LogP) is 3.30. The summed E-state index contributed by atoms with van der Waals surface area (Å²) < 4.78 is 2.12. The minimum absolute atomic E-state index is 0.145. The molecule has 4 rings (SSSR count). The molecule has 1 aliphatic heterocycles. The number of anilines is 1. The Morgan fingerprint density at radius 1 is 1.32 bits per heavy atom. The van der Waals surface area contributed by atoms with Crippen molar-refractivity contribution in [2.24, 2.45) is 0 Å². The van der Waals surface area contributed by atoms with Gasteiger partial charge in [-0.3, -0.25) is 4.57 Å². The molecule has 2 aliphatic rings. The largest absolute Gasteiger partial charge is 0.336 e. The molecule has 2 aromatic heterocycles. The van der Waals surface area contributed by atoms with E-state index in [9.17, 15) is 0 Å². The van der Waals surface area contributed by atoms with Crippen LogP contribution in [0.5, 0.6) is 0 Å². The monoisotopic (exact) mass is 295 g/mol. The van der Waals surface area contributed by atoms with Crippen molar-refractivity contribution in [2.75, 3.05) is 11.4 Å². The van der Waals surface area contributed by atoms with Gasteiger partial charge in [0.2, 0.25) is 0 Å². The van der Waals surface area contributed by atoms with Gasteiger partial charge in [0, 0.05) is 18.2 Å². The minimum Gasteiger partial charge on any atom is -0.336 e. The summed E-state index contributed by atoms with van der Waals surface area (Å²) in [7, 11) is 0. The number of unbranched alkanes of at least 4 members (excludes halogenated alkanes) is 1. The van der Waals surface area contributed by atoms with E-state index in [0.29, 0.717) is 0 Å². The van der Waals surface area contributed by atoms with E-state index < -0.39 is 0 Å². The zero-order valence-electron chi connectivity index (χ0n) is 13.2. The molecule has 2 aromatic rings. The fourth-order valence-corrected chi connectivity index (χ4v) is 3.08. The molecule has 0 aromatic carbocycles. The van der Waals surface area contributed by atoms with Gasteiger partial charge in [-0.25, -0.2) is 4.98 Å². The van der Waals surface area contributed by atoms with Crippen molar-refractivity contribution in [3.05, 3.63) is 36.6 Å². The zero-order valence-corrected chi connectivity index (χ0v) is 13.2. The molecule has 0 N–H and O–H groups in total. The first-order chi connectivity index (χ1) is 10.7. The number of rotatable bonds is 4. The zero-order chi connectivity index (χ0) is 15.3. The van der Waals surface area contributed by atoms with Crippen LogP contribution in [0.4, 0.5) is 5.69 Å². The normalized spacial score (nSPS) is 18.1. The topological polar surface area (TPSA) is 46.8 Å². The molecule has 1 aliphatic carbocycles. The Hall–Kier alpha value is -2.17. The van der Waals surface area contributed by atoms with Gasteiger partial charge < -0.3 is 4.90 Å². The molecule has 5 heteroatoms. The Labute approximate surface area is 130 Å². The van der Waals surface area contributed by atoms with Gasteiger partial charge in [0.15, 0.2) is 11.6 Å². The number of nitrogens with zero attached hydrogens (tertiary/aromatic N) is 5. The van der Waals surface area contributed by atoms with Crippen LogP contribution in [0.25, 0.3) is 11.5 Å². The van der Waals surface area contributed by atoms with Crippen molar-refractivity contribution in [3.63, 3.8) is 0 Å². The molecule has 0 atom stereocenters. The summed E-state index contributed by atoms with van der Waals surface area (Å²) >= 11 is 0. The standard InChI is InChI=1S/C17H21N5/c1-4-5-11-21-12(2)14-19-20-16(17(3)8-9-17)22(14)15-13(21)7-6-10-18-15/h6-7,10H,2,4-5,8-9,11H2,1,3H3. The van der Waals surface area contributed by atoms with Crippen LogP contribution in [0.15, 0.2) is 24.9 Å². The second-order valence-corrected chi connectivity index (χ2v) is 6.54. The number of aromatic nitrogens is 4. The highest BCUT2D eigenvalue weighted by molar-refractivity contribution is 5.83. The molecular weight excluding hydrogens is 274 g/mol. The van der Waals surface area contributed by atoms with Crippen LogP contribution in [-0.2, 0) is 5.41 Å². The molecule has 1 fully saturated rings. The Morgan fingerprint density at radius 3 is 2.86 bits per heavy atom. The van der Waals surface area contributed by atoms with Crippen LogP contribution in [0, 0.1) is 0 Å². The van der Waals surface area contributed by atoms with E-state index in [-0.39, 0.29) is 5.41 Å². The maximum atomic E-state index is 4.63. The smallest absolute Gasteiger partial charge is 0.185 e. The highest BCUT2D eigenvalue weighted by Crippen LogP contribution is 2.49. The van der Waals surface area contributed by atoms with Crippen LogP contribution in [0.1, 0.15) is 51.2 Å². The molecule has 0 bridgehead atoms. The van der Waals surface area contributed by atoms with Gasteiger partial charge in [-0.15, -0.1) is 10.2 Å². The van der Waals surface area contributed by atoms with E-state index in [2.05, 4.69) is 51.1 Å². The van der Waals surface area contributed by atoms with E-state index in [4.69, 9.17) is 0 Å². The summed E-state index contributed by atoms with van der Waals surface area (Å²) in [6.45, 7) is 9.67. The van der Waals surface area contributed by atoms with Gasteiger partial charge in [0.25, 0.3) is 0 Å². The van der Waals surface area contributed by atoms with Gasteiger partial charge in [0.1, 0.15) is 5.82 Å². The first-order valence-electron chi connectivity index (χ1n) is 8.04. The van der Waals surface area contributed by atoms with Crippen molar-refractivity contribution in [2.45, 2.75) is 44.9 Å². The van der Waals surface area contributed by atoms with Crippen molar-refractivity contribution >= 4 is 11.4 Å². The third-order valence-electron chi connectivity index (χ3n) is 4.79. The molecule has 0 amide bonds. The van der Waals surface area contributed by atoms with E-state index in [1.54, 1.807) is 0 Å². The first kappa shape index (κ1) is 13.5. The minimum atomic E-state index is 0.145. The molecule has 0 saturated heterocycles. The van der Waals surface area contributed by atoms with Crippen molar-refractivity contribution in [1.29, 1.82) is 0 Å². The third-order valence-corrected chi connectivity index (χ3v) is 4.79. The van der Waals surface area contributed by atoms with E-state index >= 15 is 0 Å². The summed E-state index contributed by atoms with van der Waals surface area (Å²) in [6.07, 6.45) is 6.44. The van der Waals surface area contributed by atoms with Crippen molar-refractivity contribution < 1.29 is 0 Å². The average molecular weight is 295 g/mol. The van der Waals surface area contributed by atoms with Crippen LogP contribution in [0.3, 0.4) is 0 Å². The lowest BCUT2D eigenvalue weighted by atomic mass is 10.1. The van der Waals surface area contributed by atoms with Crippen molar-refractivity contribution in [3.8, 4) is 5.82 Å². The maximum Gasteiger partial charge on any atom is 0.185 e. The summed E-state index contributed by atoms with van der Waals surface area (Å²) in [4.78, 5) is 6.86. The molecule has 3 heterocycles. The molecule has 1 saturated carbocycles. The lowest BCUT2D eigenvalue weighted by Crippen LogP contribution is -2.30. The first-order valence-corrected chi connectivity index (χ1v) is 8.04. The number of pyridine rings is 1. The Bertz CT molecular complexity index is 741. The molecule has 0 radical (unpaired) electrons. The maximum absolute atomic E-state index is 4.63. The Kier molecular flexibility index (Phi) is 2.86. The Morgan fingerprint density at radius 2 is 2.14 bits per heavy atom. The van der Waals surface area contributed by atoms with Crippen LogP contribution >= 0.6 is 0 Å². The van der Waals surface area contributed by atoms with E-state index in [1.807, 2.05) is 12.3 Å². The third kappa shape index (κ3) is 1.81. The molecule has 0 spiro atoms. The molecular formula is C17H21N5. The average Bonchev–Trinajstić information content (AvgIpc) is 3.11. The fraction of sp³-hybridized carbons (Fsp3) is 0.471. The molecule has 22 heavy (non-hydrogen) atoms. The summed E-state index contributed by atoms with van der Waals surface area (Å²) in [6, 6.07) is 4.10.